The molecule has 0 spiro atoms. The molecule has 5 heteroatoms. The fourth-order valence-electron chi connectivity index (χ4n) is 2.65. The van der Waals surface area contributed by atoms with Crippen molar-refractivity contribution >= 4 is 45.1 Å². The SMILES string of the molecule is COCCNC(=S)N/N=C/c1c2ccccc2cc2ccccc12. The molecular formula is C19H19N3OS. The molecule has 122 valence electrons. The van der Waals surface area contributed by atoms with Crippen LogP contribution in [0.25, 0.3) is 21.5 Å². The van der Waals surface area contributed by atoms with Gasteiger partial charge >= 0.3 is 0 Å². The van der Waals surface area contributed by atoms with E-state index in [0.29, 0.717) is 18.3 Å². The number of hydrazone groups is 1. The molecule has 0 atom stereocenters. The zero-order chi connectivity index (χ0) is 16.8. The number of hydrogen-bond donors (Lipinski definition) is 2. The number of methoxy groups -OCH3 is 1. The molecule has 4 nitrogen and oxygen atoms in total. The summed E-state index contributed by atoms with van der Waals surface area (Å²) < 4.78 is 4.97. The van der Waals surface area contributed by atoms with Crippen LogP contribution in [0.5, 0.6) is 0 Å². The number of hydrogen-bond acceptors (Lipinski definition) is 3. The first-order valence-electron chi connectivity index (χ1n) is 7.76. The molecule has 0 aliphatic heterocycles. The molecule has 0 aromatic heterocycles. The molecule has 0 amide bonds. The van der Waals surface area contributed by atoms with Gasteiger partial charge in [-0.3, -0.25) is 5.43 Å². The maximum absolute atomic E-state index is 5.18. The van der Waals surface area contributed by atoms with Gasteiger partial charge in [-0.25, -0.2) is 0 Å². The van der Waals surface area contributed by atoms with Crippen molar-refractivity contribution in [1.29, 1.82) is 0 Å². The predicted molar refractivity (Wildman–Crippen MR) is 105 cm³/mol. The van der Waals surface area contributed by atoms with Crippen LogP contribution in [0.1, 0.15) is 5.56 Å². The van der Waals surface area contributed by atoms with E-state index in [4.69, 9.17) is 17.0 Å². The Hall–Kier alpha value is -2.50. The summed E-state index contributed by atoms with van der Waals surface area (Å²) in [5, 5.41) is 12.5. The van der Waals surface area contributed by atoms with Gasteiger partial charge in [-0.15, -0.1) is 0 Å². The Morgan fingerprint density at radius 3 is 2.33 bits per heavy atom. The van der Waals surface area contributed by atoms with Gasteiger partial charge in [0, 0.05) is 19.2 Å². The highest BCUT2D eigenvalue weighted by molar-refractivity contribution is 7.80. The number of thiocarbonyl (C=S) groups is 1. The average molecular weight is 337 g/mol. The number of nitrogens with one attached hydrogen (secondary N) is 2. The fraction of sp³-hybridized carbons (Fsp3) is 0.158. The standard InChI is InChI=1S/C19H19N3OS/c1-23-11-10-20-19(24)22-21-13-18-16-8-4-2-6-14(16)12-15-7-3-5-9-17(15)18/h2-9,12-13H,10-11H2,1H3,(H2,20,22,24)/b21-13+. The van der Waals surface area contributed by atoms with E-state index in [1.165, 1.54) is 21.5 Å². The number of ether oxygens (including phenoxy) is 1. The fourth-order valence-corrected chi connectivity index (χ4v) is 2.80. The lowest BCUT2D eigenvalue weighted by molar-refractivity contribution is 0.204. The maximum atomic E-state index is 5.18. The largest absolute Gasteiger partial charge is 0.383 e. The predicted octanol–water partition coefficient (Wildman–Crippen LogP) is 3.44. The van der Waals surface area contributed by atoms with Crippen LogP contribution in [0, 0.1) is 0 Å². The van der Waals surface area contributed by atoms with Gasteiger partial charge in [-0.1, -0.05) is 48.5 Å². The van der Waals surface area contributed by atoms with Crippen molar-refractivity contribution in [1.82, 2.24) is 10.7 Å². The lowest BCUT2D eigenvalue weighted by Gasteiger charge is -2.09. The number of rotatable bonds is 5. The molecule has 0 bridgehead atoms. The number of nitrogens with zero attached hydrogens (tertiary/aromatic N) is 1. The van der Waals surface area contributed by atoms with Crippen LogP contribution in [-0.2, 0) is 4.74 Å². The molecule has 3 aromatic carbocycles. The second kappa shape index (κ2) is 7.86. The van der Waals surface area contributed by atoms with Crippen LogP contribution >= 0.6 is 12.2 Å². The van der Waals surface area contributed by atoms with Gasteiger partial charge in [0.1, 0.15) is 0 Å². The summed E-state index contributed by atoms with van der Waals surface area (Å²) in [6, 6.07) is 18.8. The molecule has 0 aliphatic rings. The van der Waals surface area contributed by atoms with E-state index >= 15 is 0 Å². The Morgan fingerprint density at radius 2 is 1.71 bits per heavy atom. The van der Waals surface area contributed by atoms with E-state index in [2.05, 4.69) is 46.2 Å². The normalized spacial score (nSPS) is 11.2. The van der Waals surface area contributed by atoms with Gasteiger partial charge in [-0.05, 0) is 39.8 Å². The topological polar surface area (TPSA) is 45.6 Å². The van der Waals surface area contributed by atoms with Crippen molar-refractivity contribution in [2.24, 2.45) is 5.10 Å². The van der Waals surface area contributed by atoms with E-state index < -0.39 is 0 Å². The molecule has 3 aromatic rings. The van der Waals surface area contributed by atoms with Gasteiger partial charge in [0.15, 0.2) is 5.11 Å². The summed E-state index contributed by atoms with van der Waals surface area (Å²) in [4.78, 5) is 0. The zero-order valence-electron chi connectivity index (χ0n) is 13.5. The summed E-state index contributed by atoms with van der Waals surface area (Å²) in [6.07, 6.45) is 1.83. The quantitative estimate of drug-likeness (QED) is 0.246. The highest BCUT2D eigenvalue weighted by atomic mass is 32.1. The molecule has 24 heavy (non-hydrogen) atoms. The lowest BCUT2D eigenvalue weighted by Crippen LogP contribution is -2.34. The van der Waals surface area contributed by atoms with Gasteiger partial charge in [0.25, 0.3) is 0 Å². The number of benzene rings is 3. The molecule has 0 saturated carbocycles. The van der Waals surface area contributed by atoms with E-state index in [1.807, 2.05) is 30.5 Å². The molecule has 2 N–H and O–H groups in total. The van der Waals surface area contributed by atoms with Crippen LogP contribution in [0.15, 0.2) is 59.7 Å². The minimum atomic E-state index is 0.479. The van der Waals surface area contributed by atoms with Crippen LogP contribution in [-0.4, -0.2) is 31.6 Å². The molecular weight excluding hydrogens is 318 g/mol. The van der Waals surface area contributed by atoms with E-state index in [0.717, 1.165) is 5.56 Å². The molecule has 0 radical (unpaired) electrons. The lowest BCUT2D eigenvalue weighted by atomic mass is 9.97. The Bertz CT molecular complexity index is 838. The van der Waals surface area contributed by atoms with E-state index in [9.17, 15) is 0 Å². The maximum Gasteiger partial charge on any atom is 0.187 e. The third-order valence-electron chi connectivity index (χ3n) is 3.76. The second-order valence-electron chi connectivity index (χ2n) is 5.35. The summed E-state index contributed by atoms with van der Waals surface area (Å²) >= 11 is 5.18. The summed E-state index contributed by atoms with van der Waals surface area (Å²) in [6.45, 7) is 1.24. The first-order valence-corrected chi connectivity index (χ1v) is 8.17. The van der Waals surface area contributed by atoms with Crippen LogP contribution in [0.2, 0.25) is 0 Å². The van der Waals surface area contributed by atoms with Crippen molar-refractivity contribution in [3.05, 3.63) is 60.2 Å². The van der Waals surface area contributed by atoms with Gasteiger partial charge < -0.3 is 10.1 Å². The summed E-state index contributed by atoms with van der Waals surface area (Å²) in [5.74, 6) is 0. The van der Waals surface area contributed by atoms with Crippen molar-refractivity contribution in [3.63, 3.8) is 0 Å². The molecule has 3 rings (SSSR count). The van der Waals surface area contributed by atoms with E-state index in [1.54, 1.807) is 7.11 Å². The molecule has 0 unspecified atom stereocenters. The second-order valence-corrected chi connectivity index (χ2v) is 5.76. The summed E-state index contributed by atoms with van der Waals surface area (Å²) in [7, 11) is 1.65. The van der Waals surface area contributed by atoms with Gasteiger partial charge in [-0.2, -0.15) is 5.10 Å². The Kier molecular flexibility index (Phi) is 5.36. The molecule has 0 aliphatic carbocycles. The Morgan fingerprint density at radius 1 is 1.08 bits per heavy atom. The molecule has 0 fully saturated rings. The summed E-state index contributed by atoms with van der Waals surface area (Å²) in [5.41, 5.74) is 3.93. The monoisotopic (exact) mass is 337 g/mol. The minimum absolute atomic E-state index is 0.479. The Balaban J connectivity index is 1.89. The highest BCUT2D eigenvalue weighted by Gasteiger charge is 2.05. The first-order chi connectivity index (χ1) is 11.8. The highest BCUT2D eigenvalue weighted by Crippen LogP contribution is 2.27. The van der Waals surface area contributed by atoms with Gasteiger partial charge in [0.05, 0.1) is 12.8 Å². The average Bonchev–Trinajstić information content (AvgIpc) is 2.61. The first kappa shape index (κ1) is 16.4. The van der Waals surface area contributed by atoms with E-state index in [-0.39, 0.29) is 0 Å². The van der Waals surface area contributed by atoms with Crippen LogP contribution in [0.3, 0.4) is 0 Å². The van der Waals surface area contributed by atoms with Gasteiger partial charge in [0.2, 0.25) is 0 Å². The zero-order valence-corrected chi connectivity index (χ0v) is 14.3. The van der Waals surface area contributed by atoms with Crippen molar-refractivity contribution < 1.29 is 4.74 Å². The smallest absolute Gasteiger partial charge is 0.187 e. The third kappa shape index (κ3) is 3.69. The minimum Gasteiger partial charge on any atom is -0.383 e. The third-order valence-corrected chi connectivity index (χ3v) is 4.00. The van der Waals surface area contributed by atoms with Crippen molar-refractivity contribution in [3.8, 4) is 0 Å². The molecule has 0 heterocycles. The van der Waals surface area contributed by atoms with Crippen molar-refractivity contribution in [2.45, 2.75) is 0 Å². The van der Waals surface area contributed by atoms with Crippen molar-refractivity contribution in [2.75, 3.05) is 20.3 Å². The number of fused-ring (bicyclic) bond motifs is 2. The van der Waals surface area contributed by atoms with Crippen LogP contribution in [0.4, 0.5) is 0 Å². The molecule has 0 saturated heterocycles. The Labute approximate surface area is 146 Å². The van der Waals surface area contributed by atoms with Crippen LogP contribution < -0.4 is 10.7 Å².